The highest BCUT2D eigenvalue weighted by Crippen LogP contribution is 2.25. The van der Waals surface area contributed by atoms with Crippen molar-refractivity contribution < 1.29 is 9.53 Å². The Hall–Kier alpha value is -1.75. The molecule has 1 saturated carbocycles. The predicted octanol–water partition coefficient (Wildman–Crippen LogP) is 3.79. The van der Waals surface area contributed by atoms with Gasteiger partial charge in [0.25, 0.3) is 0 Å². The molecule has 4 rings (SSSR count). The average Bonchev–Trinajstić information content (AvgIpc) is 3.23. The third-order valence-electron chi connectivity index (χ3n) is 6.36. The molecule has 1 N–H and O–H groups in total. The van der Waals surface area contributed by atoms with Crippen LogP contribution in [-0.4, -0.2) is 55.4 Å². The van der Waals surface area contributed by atoms with Crippen LogP contribution in [0.2, 0.25) is 0 Å². The molecule has 0 spiro atoms. The Kier molecular flexibility index (Phi) is 6.17. The van der Waals surface area contributed by atoms with E-state index in [0.717, 1.165) is 51.9 Å². The van der Waals surface area contributed by atoms with Gasteiger partial charge in [-0.25, -0.2) is 4.79 Å². The van der Waals surface area contributed by atoms with Crippen LogP contribution in [0, 0.1) is 0 Å². The molecular formula is C22H33N3O2. The van der Waals surface area contributed by atoms with Gasteiger partial charge in [0.05, 0.1) is 12.2 Å². The summed E-state index contributed by atoms with van der Waals surface area (Å²) in [5, 5.41) is 3.27. The first-order chi connectivity index (χ1) is 13.3. The number of ether oxygens (including phenoxy) is 1. The molecule has 3 fully saturated rings. The van der Waals surface area contributed by atoms with Crippen molar-refractivity contribution in [3.8, 4) is 0 Å². The number of carbonyl (C=O) groups excluding carboxylic acids is 1. The van der Waals surface area contributed by atoms with Gasteiger partial charge in [-0.05, 0) is 50.7 Å². The van der Waals surface area contributed by atoms with E-state index in [0.29, 0.717) is 18.2 Å². The van der Waals surface area contributed by atoms with Crippen LogP contribution >= 0.6 is 0 Å². The topological polar surface area (TPSA) is 44.8 Å². The molecule has 5 heteroatoms. The Bertz CT molecular complexity index is 587. The van der Waals surface area contributed by atoms with Crippen LogP contribution in [0.3, 0.4) is 0 Å². The molecule has 5 nitrogen and oxygen atoms in total. The summed E-state index contributed by atoms with van der Waals surface area (Å²) in [6.07, 6.45) is 9.90. The van der Waals surface area contributed by atoms with Crippen molar-refractivity contribution in [2.45, 2.75) is 69.6 Å². The van der Waals surface area contributed by atoms with Crippen molar-refractivity contribution in [3.05, 3.63) is 30.3 Å². The average molecular weight is 372 g/mol. The molecule has 1 aliphatic carbocycles. The maximum Gasteiger partial charge on any atom is 0.317 e. The molecule has 27 heavy (non-hydrogen) atoms. The van der Waals surface area contributed by atoms with Crippen molar-refractivity contribution in [2.75, 3.05) is 31.1 Å². The van der Waals surface area contributed by atoms with Crippen molar-refractivity contribution in [1.29, 1.82) is 0 Å². The summed E-state index contributed by atoms with van der Waals surface area (Å²) in [7, 11) is 0. The van der Waals surface area contributed by atoms with E-state index in [9.17, 15) is 4.79 Å². The minimum atomic E-state index is 0.118. The van der Waals surface area contributed by atoms with Crippen LogP contribution in [0.15, 0.2) is 30.3 Å². The number of amides is 2. The van der Waals surface area contributed by atoms with Gasteiger partial charge in [0, 0.05) is 37.9 Å². The zero-order valence-electron chi connectivity index (χ0n) is 16.3. The first-order valence-electron chi connectivity index (χ1n) is 10.8. The van der Waals surface area contributed by atoms with Crippen LogP contribution in [0.4, 0.5) is 10.5 Å². The fourth-order valence-corrected chi connectivity index (χ4v) is 4.68. The lowest BCUT2D eigenvalue weighted by atomic mass is 10.0. The summed E-state index contributed by atoms with van der Waals surface area (Å²) >= 11 is 0. The zero-order chi connectivity index (χ0) is 18.5. The van der Waals surface area contributed by atoms with Crippen molar-refractivity contribution in [1.82, 2.24) is 10.2 Å². The van der Waals surface area contributed by atoms with Crippen molar-refractivity contribution in [3.63, 3.8) is 0 Å². The van der Waals surface area contributed by atoms with Gasteiger partial charge in [-0.3, -0.25) is 0 Å². The van der Waals surface area contributed by atoms with Crippen LogP contribution in [0.1, 0.15) is 51.4 Å². The number of piperidine rings is 2. The summed E-state index contributed by atoms with van der Waals surface area (Å²) in [6, 6.07) is 11.0. The molecule has 0 radical (unpaired) electrons. The maximum atomic E-state index is 12.6. The zero-order valence-corrected chi connectivity index (χ0v) is 16.3. The second kappa shape index (κ2) is 8.96. The first kappa shape index (κ1) is 18.6. The third-order valence-corrected chi connectivity index (χ3v) is 6.36. The van der Waals surface area contributed by atoms with Crippen molar-refractivity contribution in [2.24, 2.45) is 0 Å². The van der Waals surface area contributed by atoms with E-state index in [4.69, 9.17) is 4.74 Å². The van der Waals surface area contributed by atoms with Crippen molar-refractivity contribution >= 4 is 11.7 Å². The first-order valence-corrected chi connectivity index (χ1v) is 10.8. The second-order valence-electron chi connectivity index (χ2n) is 8.28. The van der Waals surface area contributed by atoms with E-state index >= 15 is 0 Å². The summed E-state index contributed by atoms with van der Waals surface area (Å²) in [5.41, 5.74) is 1.28. The molecule has 0 unspecified atom stereocenters. The van der Waals surface area contributed by atoms with E-state index in [1.165, 1.54) is 31.4 Å². The normalized spacial score (nSPS) is 23.0. The highest BCUT2D eigenvalue weighted by molar-refractivity contribution is 5.74. The summed E-state index contributed by atoms with van der Waals surface area (Å²) < 4.78 is 6.22. The van der Waals surface area contributed by atoms with Gasteiger partial charge in [-0.15, -0.1) is 0 Å². The molecule has 1 aromatic carbocycles. The Morgan fingerprint density at radius 2 is 1.48 bits per heavy atom. The summed E-state index contributed by atoms with van der Waals surface area (Å²) in [5.74, 6) is 0. The van der Waals surface area contributed by atoms with E-state index in [1.807, 2.05) is 4.90 Å². The summed E-state index contributed by atoms with van der Waals surface area (Å²) in [6.45, 7) is 3.66. The number of nitrogens with one attached hydrogen (secondary N) is 1. The summed E-state index contributed by atoms with van der Waals surface area (Å²) in [4.78, 5) is 17.0. The minimum Gasteiger partial charge on any atom is -0.375 e. The minimum absolute atomic E-state index is 0.118. The molecular weight excluding hydrogens is 338 g/mol. The quantitative estimate of drug-likeness (QED) is 0.876. The van der Waals surface area contributed by atoms with Crippen LogP contribution in [0.25, 0.3) is 0 Å². The Morgan fingerprint density at radius 1 is 0.852 bits per heavy atom. The molecule has 2 heterocycles. The number of rotatable bonds is 4. The SMILES string of the molecule is O=C(NC1CCN(c2ccccc2)CC1)N1CCC(OC2CCCC2)CC1. The van der Waals surface area contributed by atoms with Crippen LogP contribution in [0.5, 0.6) is 0 Å². The number of likely N-dealkylation sites (tertiary alicyclic amines) is 1. The third kappa shape index (κ3) is 4.95. The number of hydrogen-bond acceptors (Lipinski definition) is 3. The van der Waals surface area contributed by atoms with E-state index in [-0.39, 0.29) is 6.03 Å². The molecule has 2 saturated heterocycles. The van der Waals surface area contributed by atoms with E-state index in [2.05, 4.69) is 40.5 Å². The number of para-hydroxylation sites is 1. The molecule has 2 amide bonds. The lowest BCUT2D eigenvalue weighted by Gasteiger charge is -2.37. The number of urea groups is 1. The highest BCUT2D eigenvalue weighted by atomic mass is 16.5. The number of carbonyl (C=O) groups is 1. The van der Waals surface area contributed by atoms with Gasteiger partial charge in [-0.2, -0.15) is 0 Å². The van der Waals surface area contributed by atoms with Crippen LogP contribution < -0.4 is 10.2 Å². The fraction of sp³-hybridized carbons (Fsp3) is 0.682. The molecule has 3 aliphatic rings. The Morgan fingerprint density at radius 3 is 2.15 bits per heavy atom. The molecule has 0 bridgehead atoms. The molecule has 0 atom stereocenters. The van der Waals surface area contributed by atoms with Gasteiger partial charge in [-0.1, -0.05) is 31.0 Å². The van der Waals surface area contributed by atoms with Gasteiger partial charge < -0.3 is 19.9 Å². The van der Waals surface area contributed by atoms with Crippen LogP contribution in [-0.2, 0) is 4.74 Å². The van der Waals surface area contributed by atoms with E-state index < -0.39 is 0 Å². The lowest BCUT2D eigenvalue weighted by Crippen LogP contribution is -2.51. The maximum absolute atomic E-state index is 12.6. The standard InChI is InChI=1S/C22H33N3O2/c26-22(25-16-12-21(13-17-25)27-20-8-4-5-9-20)23-18-10-14-24(15-11-18)19-6-2-1-3-7-19/h1-3,6-7,18,20-21H,4-5,8-17H2,(H,23,26). The van der Waals surface area contributed by atoms with Gasteiger partial charge in [0.1, 0.15) is 0 Å². The molecule has 1 aromatic rings. The second-order valence-corrected chi connectivity index (χ2v) is 8.28. The van der Waals surface area contributed by atoms with E-state index in [1.54, 1.807) is 0 Å². The monoisotopic (exact) mass is 371 g/mol. The number of hydrogen-bond donors (Lipinski definition) is 1. The molecule has 0 aromatic heterocycles. The predicted molar refractivity (Wildman–Crippen MR) is 108 cm³/mol. The lowest BCUT2D eigenvalue weighted by molar-refractivity contribution is -0.0339. The molecule has 2 aliphatic heterocycles. The smallest absolute Gasteiger partial charge is 0.317 e. The largest absolute Gasteiger partial charge is 0.375 e. The number of nitrogens with zero attached hydrogens (tertiary/aromatic N) is 2. The van der Waals surface area contributed by atoms with Gasteiger partial charge in [0.2, 0.25) is 0 Å². The molecule has 148 valence electrons. The highest BCUT2D eigenvalue weighted by Gasteiger charge is 2.28. The number of anilines is 1. The Labute approximate surface area is 163 Å². The van der Waals surface area contributed by atoms with Gasteiger partial charge in [0.15, 0.2) is 0 Å². The Balaban J connectivity index is 1.17. The number of benzene rings is 1. The van der Waals surface area contributed by atoms with Gasteiger partial charge >= 0.3 is 6.03 Å². The fourth-order valence-electron chi connectivity index (χ4n) is 4.68.